The van der Waals surface area contributed by atoms with Gasteiger partial charge in [0.15, 0.2) is 23.0 Å². The highest BCUT2D eigenvalue weighted by Gasteiger charge is 2.43. The van der Waals surface area contributed by atoms with E-state index in [1.165, 1.54) is 19.3 Å². The number of halogens is 1. The topological polar surface area (TPSA) is 38.8 Å². The van der Waals surface area contributed by atoms with Crippen LogP contribution in [-0.2, 0) is 7.80 Å². The molecule has 1 heterocycles. The Morgan fingerprint density at radius 3 is 2.50 bits per heavy atom. The van der Waals surface area contributed by atoms with Crippen molar-refractivity contribution >= 4 is 29.1 Å². The molecule has 0 aromatic heterocycles. The average molecular weight is 393 g/mol. The summed E-state index contributed by atoms with van der Waals surface area (Å²) < 4.78 is 11.1. The highest BCUT2D eigenvalue weighted by atomic mass is 127. The Morgan fingerprint density at radius 2 is 1.95 bits per heavy atom. The molecule has 5 heteroatoms. The lowest BCUT2D eigenvalue weighted by atomic mass is 9.71. The van der Waals surface area contributed by atoms with Crippen LogP contribution < -0.4 is 0 Å². The van der Waals surface area contributed by atoms with Gasteiger partial charge >= 0.3 is 6.09 Å². The van der Waals surface area contributed by atoms with Crippen molar-refractivity contribution in [3.63, 3.8) is 0 Å². The molecule has 1 aliphatic heterocycles. The van der Waals surface area contributed by atoms with Crippen LogP contribution >= 0.6 is 23.0 Å². The third kappa shape index (κ3) is 3.59. The summed E-state index contributed by atoms with van der Waals surface area (Å²) in [6, 6.07) is 0. The molecule has 2 aliphatic rings. The van der Waals surface area contributed by atoms with Gasteiger partial charge in [-0.05, 0) is 39.7 Å². The lowest BCUT2D eigenvalue weighted by Gasteiger charge is -2.44. The van der Waals surface area contributed by atoms with Crippen molar-refractivity contribution in [2.24, 2.45) is 5.41 Å². The first-order chi connectivity index (χ1) is 9.36. The quantitative estimate of drug-likeness (QED) is 0.619. The molecule has 1 amide bonds. The van der Waals surface area contributed by atoms with Crippen molar-refractivity contribution in [3.05, 3.63) is 11.8 Å². The van der Waals surface area contributed by atoms with Crippen LogP contribution in [0.1, 0.15) is 52.9 Å². The SMILES string of the molecule is CC(C)(C)OC(=O)N1CC=C(OI)C2(CCCCC2)C1. The maximum absolute atomic E-state index is 12.3. The highest BCUT2D eigenvalue weighted by Crippen LogP contribution is 2.46. The first-order valence-corrected chi connectivity index (χ1v) is 8.22. The van der Waals surface area contributed by atoms with Gasteiger partial charge in [0.05, 0.1) is 0 Å². The number of hydrogen-bond donors (Lipinski definition) is 0. The molecule has 0 aromatic carbocycles. The van der Waals surface area contributed by atoms with Crippen LogP contribution in [-0.4, -0.2) is 29.7 Å². The molecule has 20 heavy (non-hydrogen) atoms. The van der Waals surface area contributed by atoms with E-state index in [1.807, 2.05) is 54.8 Å². The zero-order chi connectivity index (χ0) is 14.8. The Kier molecular flexibility index (Phi) is 4.87. The summed E-state index contributed by atoms with van der Waals surface area (Å²) in [5, 5.41) is 0. The van der Waals surface area contributed by atoms with Crippen LogP contribution in [0.4, 0.5) is 4.79 Å². The average Bonchev–Trinajstić information content (AvgIpc) is 2.37. The standard InChI is InChI=1S/C15H24INO3/c1-14(2,3)19-13(18)17-10-7-12(20-16)15(11-17)8-5-4-6-9-15/h7H,4-6,8-11H2,1-3H3. The third-order valence-corrected chi connectivity index (χ3v) is 4.53. The monoisotopic (exact) mass is 393 g/mol. The lowest BCUT2D eigenvalue weighted by Crippen LogP contribution is -2.48. The molecule has 0 radical (unpaired) electrons. The fourth-order valence-corrected chi connectivity index (χ4v) is 3.78. The van der Waals surface area contributed by atoms with Gasteiger partial charge in [-0.25, -0.2) is 4.79 Å². The predicted molar refractivity (Wildman–Crippen MR) is 86.5 cm³/mol. The van der Waals surface area contributed by atoms with E-state index >= 15 is 0 Å². The van der Waals surface area contributed by atoms with Crippen LogP contribution in [0.15, 0.2) is 11.8 Å². The van der Waals surface area contributed by atoms with E-state index in [4.69, 9.17) is 7.80 Å². The molecule has 1 aliphatic carbocycles. The van der Waals surface area contributed by atoms with Crippen molar-refractivity contribution in [3.8, 4) is 0 Å². The van der Waals surface area contributed by atoms with Gasteiger partial charge in [-0.1, -0.05) is 19.3 Å². The fraction of sp³-hybridized carbons (Fsp3) is 0.800. The molecule has 0 bridgehead atoms. The maximum atomic E-state index is 12.3. The van der Waals surface area contributed by atoms with Gasteiger partial charge in [0.1, 0.15) is 11.4 Å². The molecule has 1 saturated carbocycles. The summed E-state index contributed by atoms with van der Waals surface area (Å²) >= 11 is 1.96. The zero-order valence-corrected chi connectivity index (χ0v) is 14.7. The summed E-state index contributed by atoms with van der Waals surface area (Å²) in [6.45, 7) is 7.01. The Hall–Kier alpha value is -0.460. The van der Waals surface area contributed by atoms with E-state index in [-0.39, 0.29) is 11.5 Å². The smallest absolute Gasteiger partial charge is 0.410 e. The molecular formula is C15H24INO3. The van der Waals surface area contributed by atoms with E-state index in [0.29, 0.717) is 6.54 Å². The second-order valence-electron chi connectivity index (χ2n) is 6.85. The molecule has 1 spiro atoms. The minimum Gasteiger partial charge on any atom is -0.444 e. The first kappa shape index (κ1) is 15.9. The zero-order valence-electron chi connectivity index (χ0n) is 12.6. The summed E-state index contributed by atoms with van der Waals surface area (Å²) in [7, 11) is 0. The lowest BCUT2D eigenvalue weighted by molar-refractivity contribution is 0.0113. The Labute approximate surface area is 135 Å². The van der Waals surface area contributed by atoms with Crippen LogP contribution in [0.3, 0.4) is 0 Å². The fourth-order valence-electron chi connectivity index (χ4n) is 3.13. The summed E-state index contributed by atoms with van der Waals surface area (Å²) in [4.78, 5) is 14.1. The molecule has 4 nitrogen and oxygen atoms in total. The molecule has 1 fully saturated rings. The Morgan fingerprint density at radius 1 is 1.30 bits per heavy atom. The number of nitrogens with zero attached hydrogens (tertiary/aromatic N) is 1. The first-order valence-electron chi connectivity index (χ1n) is 7.33. The second kappa shape index (κ2) is 6.12. The van der Waals surface area contributed by atoms with E-state index in [0.717, 1.165) is 25.1 Å². The van der Waals surface area contributed by atoms with Gasteiger partial charge in [-0.2, -0.15) is 0 Å². The minimum absolute atomic E-state index is 0.00853. The van der Waals surface area contributed by atoms with Crippen molar-refractivity contribution in [2.45, 2.75) is 58.5 Å². The molecular weight excluding hydrogens is 369 g/mol. The summed E-state index contributed by atoms with van der Waals surface area (Å²) in [5.41, 5.74) is -0.435. The van der Waals surface area contributed by atoms with Gasteiger partial charge in [0.2, 0.25) is 0 Å². The molecule has 0 unspecified atom stereocenters. The van der Waals surface area contributed by atoms with E-state index in [9.17, 15) is 4.79 Å². The van der Waals surface area contributed by atoms with Gasteiger partial charge in [-0.15, -0.1) is 0 Å². The largest absolute Gasteiger partial charge is 0.444 e. The number of carbonyl (C=O) groups excluding carboxylic acids is 1. The van der Waals surface area contributed by atoms with Crippen molar-refractivity contribution in [1.29, 1.82) is 0 Å². The number of ether oxygens (including phenoxy) is 1. The molecule has 2 rings (SSSR count). The molecule has 0 N–H and O–H groups in total. The van der Waals surface area contributed by atoms with Gasteiger partial charge < -0.3 is 12.7 Å². The van der Waals surface area contributed by atoms with Crippen LogP contribution in [0.25, 0.3) is 0 Å². The third-order valence-electron chi connectivity index (χ3n) is 4.06. The van der Waals surface area contributed by atoms with Crippen LogP contribution in [0.5, 0.6) is 0 Å². The number of amides is 1. The highest BCUT2D eigenvalue weighted by molar-refractivity contribution is 14.1. The minimum atomic E-state index is -0.444. The van der Waals surface area contributed by atoms with Gasteiger partial charge in [-0.3, -0.25) is 0 Å². The van der Waals surface area contributed by atoms with Crippen LogP contribution in [0.2, 0.25) is 0 Å². The maximum Gasteiger partial charge on any atom is 0.410 e. The van der Waals surface area contributed by atoms with Crippen molar-refractivity contribution in [2.75, 3.05) is 13.1 Å². The Balaban J connectivity index is 2.12. The normalized spacial score (nSPS) is 22.4. The van der Waals surface area contributed by atoms with Gasteiger partial charge in [0.25, 0.3) is 0 Å². The number of rotatable bonds is 1. The van der Waals surface area contributed by atoms with E-state index in [1.54, 1.807) is 0 Å². The summed E-state index contributed by atoms with van der Waals surface area (Å²) in [5.74, 6) is 1.05. The van der Waals surface area contributed by atoms with E-state index in [2.05, 4.69) is 0 Å². The molecule has 114 valence electrons. The number of hydrogen-bond acceptors (Lipinski definition) is 3. The van der Waals surface area contributed by atoms with Crippen molar-refractivity contribution in [1.82, 2.24) is 4.90 Å². The van der Waals surface area contributed by atoms with Crippen molar-refractivity contribution < 1.29 is 12.6 Å². The van der Waals surface area contributed by atoms with E-state index < -0.39 is 5.60 Å². The molecule has 0 saturated heterocycles. The second-order valence-corrected chi connectivity index (χ2v) is 7.29. The summed E-state index contributed by atoms with van der Waals surface area (Å²) in [6.07, 6.45) is 7.72. The number of carbonyl (C=O) groups is 1. The predicted octanol–water partition coefficient (Wildman–Crippen LogP) is 4.44. The molecule has 0 atom stereocenters. The van der Waals surface area contributed by atoms with Gasteiger partial charge in [0, 0.05) is 18.5 Å². The Bertz CT molecular complexity index is 394. The van der Waals surface area contributed by atoms with Crippen LogP contribution in [0, 0.1) is 5.41 Å². The molecule has 0 aromatic rings.